The molecule has 0 saturated carbocycles. The van der Waals surface area contributed by atoms with Crippen molar-refractivity contribution in [2.75, 3.05) is 0 Å². The van der Waals surface area contributed by atoms with E-state index in [1.807, 2.05) is 23.9 Å². The summed E-state index contributed by atoms with van der Waals surface area (Å²) in [7, 11) is 1.94. The Bertz CT molecular complexity index is 140. The molecule has 0 bridgehead atoms. The van der Waals surface area contributed by atoms with Crippen LogP contribution in [0.25, 0.3) is 0 Å². The fourth-order valence-corrected chi connectivity index (χ4v) is 0.818. The molecular formula is C5H5BrN. The van der Waals surface area contributed by atoms with Gasteiger partial charge in [-0.1, -0.05) is 0 Å². The Morgan fingerprint density at radius 3 is 2.71 bits per heavy atom. The van der Waals surface area contributed by atoms with E-state index < -0.39 is 0 Å². The molecule has 0 aromatic carbocycles. The second kappa shape index (κ2) is 1.70. The maximum Gasteiger partial charge on any atom is 0.0801 e. The minimum atomic E-state index is 1.01. The molecule has 1 nitrogen and oxygen atoms in total. The fraction of sp³-hybridized carbons (Fsp3) is 0.200. The van der Waals surface area contributed by atoms with Crippen LogP contribution in [-0.2, 0) is 7.05 Å². The van der Waals surface area contributed by atoms with E-state index >= 15 is 0 Å². The zero-order valence-electron chi connectivity index (χ0n) is 3.98. The predicted molar refractivity (Wildman–Crippen MR) is 31.9 cm³/mol. The van der Waals surface area contributed by atoms with Crippen molar-refractivity contribution < 1.29 is 0 Å². The SMILES string of the molecule is Cn1[c]c(Br)cc1. The Labute approximate surface area is 51.1 Å². The van der Waals surface area contributed by atoms with Crippen molar-refractivity contribution in [3.05, 3.63) is 22.9 Å². The van der Waals surface area contributed by atoms with E-state index in [0.29, 0.717) is 0 Å². The highest BCUT2D eigenvalue weighted by molar-refractivity contribution is 9.10. The monoisotopic (exact) mass is 158 g/mol. The van der Waals surface area contributed by atoms with Crippen LogP contribution >= 0.6 is 15.9 Å². The first-order valence-electron chi connectivity index (χ1n) is 1.99. The molecule has 1 aromatic rings. The van der Waals surface area contributed by atoms with E-state index in [9.17, 15) is 0 Å². The van der Waals surface area contributed by atoms with Gasteiger partial charge in [-0.05, 0) is 22.0 Å². The largest absolute Gasteiger partial charge is 0.348 e. The second-order valence-electron chi connectivity index (χ2n) is 1.39. The molecular weight excluding hydrogens is 154 g/mol. The van der Waals surface area contributed by atoms with Crippen molar-refractivity contribution in [3.63, 3.8) is 0 Å². The molecule has 0 aliphatic carbocycles. The average molecular weight is 159 g/mol. The zero-order valence-corrected chi connectivity index (χ0v) is 5.57. The summed E-state index contributed by atoms with van der Waals surface area (Å²) in [6, 6.07) is 1.94. The number of hydrogen-bond donors (Lipinski definition) is 0. The number of halogens is 1. The molecule has 0 unspecified atom stereocenters. The van der Waals surface area contributed by atoms with Crippen LogP contribution in [0.4, 0.5) is 0 Å². The fourth-order valence-electron chi connectivity index (χ4n) is 0.420. The smallest absolute Gasteiger partial charge is 0.0801 e. The van der Waals surface area contributed by atoms with Crippen LogP contribution in [0.1, 0.15) is 0 Å². The summed E-state index contributed by atoms with van der Waals surface area (Å²) in [5.41, 5.74) is 0. The topological polar surface area (TPSA) is 4.93 Å². The predicted octanol–water partition coefficient (Wildman–Crippen LogP) is 1.59. The zero-order chi connectivity index (χ0) is 5.28. The lowest BCUT2D eigenvalue weighted by atomic mass is 10.7. The molecule has 1 radical (unpaired) electrons. The number of aryl methyl sites for hydroxylation is 1. The van der Waals surface area contributed by atoms with E-state index in [4.69, 9.17) is 0 Å². The standard InChI is InChI=1S/C5H5BrN/c1-7-3-2-5(6)4-7/h2-3H,1H3. The lowest BCUT2D eigenvalue weighted by Gasteiger charge is -1.78. The molecule has 37 valence electrons. The van der Waals surface area contributed by atoms with Crippen LogP contribution in [0, 0.1) is 6.20 Å². The van der Waals surface area contributed by atoms with Gasteiger partial charge >= 0.3 is 0 Å². The van der Waals surface area contributed by atoms with Crippen LogP contribution in [0.15, 0.2) is 16.7 Å². The van der Waals surface area contributed by atoms with Crippen LogP contribution in [0.2, 0.25) is 0 Å². The first-order valence-corrected chi connectivity index (χ1v) is 2.78. The highest BCUT2D eigenvalue weighted by Gasteiger charge is 1.83. The van der Waals surface area contributed by atoms with Crippen LogP contribution < -0.4 is 0 Å². The van der Waals surface area contributed by atoms with Gasteiger partial charge < -0.3 is 4.57 Å². The van der Waals surface area contributed by atoms with E-state index in [1.54, 1.807) is 0 Å². The maximum atomic E-state index is 3.26. The molecule has 1 aromatic heterocycles. The van der Waals surface area contributed by atoms with Crippen molar-refractivity contribution in [1.29, 1.82) is 0 Å². The molecule has 2 heteroatoms. The maximum absolute atomic E-state index is 3.26. The van der Waals surface area contributed by atoms with Crippen LogP contribution in [0.5, 0.6) is 0 Å². The van der Waals surface area contributed by atoms with Crippen molar-refractivity contribution in [2.45, 2.75) is 0 Å². The molecule has 0 fully saturated rings. The highest BCUT2D eigenvalue weighted by atomic mass is 79.9. The summed E-state index contributed by atoms with van der Waals surface area (Å²) < 4.78 is 2.87. The Morgan fingerprint density at radius 2 is 2.57 bits per heavy atom. The summed E-state index contributed by atoms with van der Waals surface area (Å²) in [5.74, 6) is 0. The molecule has 0 amide bonds. The molecule has 0 atom stereocenters. The third-order valence-electron chi connectivity index (χ3n) is 0.728. The van der Waals surface area contributed by atoms with Gasteiger partial charge in [0.15, 0.2) is 0 Å². The minimum Gasteiger partial charge on any atom is -0.348 e. The van der Waals surface area contributed by atoms with Gasteiger partial charge in [0.1, 0.15) is 0 Å². The summed E-state index contributed by atoms with van der Waals surface area (Å²) in [6.45, 7) is 0. The number of aromatic nitrogens is 1. The molecule has 0 spiro atoms. The van der Waals surface area contributed by atoms with Crippen molar-refractivity contribution in [3.8, 4) is 0 Å². The third kappa shape index (κ3) is 1.06. The summed E-state index contributed by atoms with van der Waals surface area (Å²) in [6.07, 6.45) is 4.91. The molecule has 0 aliphatic heterocycles. The third-order valence-corrected chi connectivity index (χ3v) is 1.17. The van der Waals surface area contributed by atoms with E-state index in [0.717, 1.165) is 4.47 Å². The number of rotatable bonds is 0. The van der Waals surface area contributed by atoms with Gasteiger partial charge in [0.05, 0.1) is 6.20 Å². The molecule has 7 heavy (non-hydrogen) atoms. The van der Waals surface area contributed by atoms with E-state index in [1.165, 1.54) is 0 Å². The van der Waals surface area contributed by atoms with Gasteiger partial charge in [0, 0.05) is 17.7 Å². The average Bonchev–Trinajstić information content (AvgIpc) is 1.87. The lowest BCUT2D eigenvalue weighted by Crippen LogP contribution is -1.76. The van der Waals surface area contributed by atoms with E-state index in [2.05, 4.69) is 22.1 Å². The Kier molecular flexibility index (Phi) is 1.19. The number of hydrogen-bond acceptors (Lipinski definition) is 0. The molecule has 0 N–H and O–H groups in total. The second-order valence-corrected chi connectivity index (χ2v) is 2.24. The quantitative estimate of drug-likeness (QED) is 0.541. The summed E-state index contributed by atoms with van der Waals surface area (Å²) in [4.78, 5) is 0. The van der Waals surface area contributed by atoms with Crippen LogP contribution in [-0.4, -0.2) is 4.57 Å². The Balaban J connectivity index is 3.04. The first-order chi connectivity index (χ1) is 3.29. The van der Waals surface area contributed by atoms with Crippen molar-refractivity contribution >= 4 is 15.9 Å². The highest BCUT2D eigenvalue weighted by Crippen LogP contribution is 2.05. The van der Waals surface area contributed by atoms with Crippen LogP contribution in [0.3, 0.4) is 0 Å². The van der Waals surface area contributed by atoms with Gasteiger partial charge in [-0.25, -0.2) is 0 Å². The Hall–Kier alpha value is -0.240. The minimum absolute atomic E-state index is 1.01. The summed E-state index contributed by atoms with van der Waals surface area (Å²) >= 11 is 3.26. The normalized spacial score (nSPS) is 9.43. The van der Waals surface area contributed by atoms with Crippen molar-refractivity contribution in [2.24, 2.45) is 7.05 Å². The molecule has 1 rings (SSSR count). The van der Waals surface area contributed by atoms with Gasteiger partial charge in [-0.3, -0.25) is 0 Å². The van der Waals surface area contributed by atoms with Gasteiger partial charge in [-0.15, -0.1) is 0 Å². The van der Waals surface area contributed by atoms with Gasteiger partial charge in [-0.2, -0.15) is 0 Å². The van der Waals surface area contributed by atoms with Crippen molar-refractivity contribution in [1.82, 2.24) is 4.57 Å². The summed E-state index contributed by atoms with van der Waals surface area (Å²) in [5, 5.41) is 0. The van der Waals surface area contributed by atoms with Gasteiger partial charge in [0.25, 0.3) is 0 Å². The lowest BCUT2D eigenvalue weighted by molar-refractivity contribution is 0.917. The number of nitrogens with zero attached hydrogens (tertiary/aromatic N) is 1. The Morgan fingerprint density at radius 1 is 1.86 bits per heavy atom. The van der Waals surface area contributed by atoms with Gasteiger partial charge in [0.2, 0.25) is 0 Å². The first kappa shape index (κ1) is 4.91. The van der Waals surface area contributed by atoms with E-state index in [-0.39, 0.29) is 0 Å². The molecule has 1 heterocycles. The molecule has 0 aliphatic rings. The molecule has 0 saturated heterocycles.